The van der Waals surface area contributed by atoms with E-state index in [2.05, 4.69) is 49.1 Å². The van der Waals surface area contributed by atoms with Gasteiger partial charge < -0.3 is 14.4 Å². The molecule has 4 rings (SSSR count). The Bertz CT molecular complexity index is 1090. The SMILES string of the molecule is CCOc1ccc(C(=O)N2CCN(Cc3ccccc3)CC2)cc1COc1cc(C)cc(C)c1. The molecule has 5 nitrogen and oxygen atoms in total. The van der Waals surface area contributed by atoms with E-state index in [-0.39, 0.29) is 5.91 Å². The summed E-state index contributed by atoms with van der Waals surface area (Å²) in [6.07, 6.45) is 0. The number of rotatable bonds is 8. The predicted molar refractivity (Wildman–Crippen MR) is 135 cm³/mol. The summed E-state index contributed by atoms with van der Waals surface area (Å²) in [5, 5.41) is 0. The molecule has 178 valence electrons. The van der Waals surface area contributed by atoms with Crippen molar-refractivity contribution >= 4 is 5.91 Å². The number of carbonyl (C=O) groups is 1. The fourth-order valence-corrected chi connectivity index (χ4v) is 4.43. The van der Waals surface area contributed by atoms with Crippen LogP contribution in [0.15, 0.2) is 66.7 Å². The van der Waals surface area contributed by atoms with Crippen LogP contribution in [0.4, 0.5) is 0 Å². The molecule has 0 unspecified atom stereocenters. The minimum Gasteiger partial charge on any atom is -0.493 e. The van der Waals surface area contributed by atoms with Crippen LogP contribution in [0.25, 0.3) is 0 Å². The summed E-state index contributed by atoms with van der Waals surface area (Å²) < 4.78 is 11.9. The first-order valence-corrected chi connectivity index (χ1v) is 12.0. The van der Waals surface area contributed by atoms with Crippen LogP contribution in [-0.2, 0) is 13.2 Å². The van der Waals surface area contributed by atoms with Crippen LogP contribution in [0.3, 0.4) is 0 Å². The molecule has 0 atom stereocenters. The molecule has 0 saturated carbocycles. The minimum atomic E-state index is 0.0649. The highest BCUT2D eigenvalue weighted by molar-refractivity contribution is 5.94. The summed E-state index contributed by atoms with van der Waals surface area (Å²) in [4.78, 5) is 17.6. The van der Waals surface area contributed by atoms with Crippen molar-refractivity contribution in [3.8, 4) is 11.5 Å². The van der Waals surface area contributed by atoms with Gasteiger partial charge in [0, 0.05) is 43.9 Å². The molecule has 3 aromatic rings. The third-order valence-corrected chi connectivity index (χ3v) is 6.11. The van der Waals surface area contributed by atoms with E-state index in [1.54, 1.807) is 0 Å². The molecule has 1 fully saturated rings. The molecule has 0 aliphatic carbocycles. The molecule has 34 heavy (non-hydrogen) atoms. The third-order valence-electron chi connectivity index (χ3n) is 6.11. The number of amides is 1. The number of carbonyl (C=O) groups excluding carboxylic acids is 1. The van der Waals surface area contributed by atoms with Crippen LogP contribution >= 0.6 is 0 Å². The van der Waals surface area contributed by atoms with Gasteiger partial charge in [0.05, 0.1) is 6.61 Å². The molecule has 1 aliphatic rings. The first-order valence-electron chi connectivity index (χ1n) is 12.0. The number of hydrogen-bond donors (Lipinski definition) is 0. The van der Waals surface area contributed by atoms with Crippen molar-refractivity contribution < 1.29 is 14.3 Å². The van der Waals surface area contributed by atoms with E-state index in [0.29, 0.717) is 18.8 Å². The monoisotopic (exact) mass is 458 g/mol. The van der Waals surface area contributed by atoms with Crippen LogP contribution in [0, 0.1) is 13.8 Å². The van der Waals surface area contributed by atoms with E-state index in [1.807, 2.05) is 48.2 Å². The highest BCUT2D eigenvalue weighted by Crippen LogP contribution is 2.25. The highest BCUT2D eigenvalue weighted by atomic mass is 16.5. The number of hydrogen-bond acceptors (Lipinski definition) is 4. The molecule has 0 radical (unpaired) electrons. The van der Waals surface area contributed by atoms with Gasteiger partial charge >= 0.3 is 0 Å². The van der Waals surface area contributed by atoms with Crippen molar-refractivity contribution in [3.05, 3.63) is 94.5 Å². The lowest BCUT2D eigenvalue weighted by atomic mass is 10.1. The molecular weight excluding hydrogens is 424 g/mol. The number of ether oxygens (including phenoxy) is 2. The van der Waals surface area contributed by atoms with Gasteiger partial charge in [-0.15, -0.1) is 0 Å². The van der Waals surface area contributed by atoms with E-state index in [1.165, 1.54) is 5.56 Å². The summed E-state index contributed by atoms with van der Waals surface area (Å²) in [6, 6.07) is 22.3. The fraction of sp³-hybridized carbons (Fsp3) is 0.345. The van der Waals surface area contributed by atoms with Crippen LogP contribution in [0.2, 0.25) is 0 Å². The van der Waals surface area contributed by atoms with E-state index >= 15 is 0 Å². The van der Waals surface area contributed by atoms with Crippen molar-refractivity contribution in [2.45, 2.75) is 33.9 Å². The molecule has 0 bridgehead atoms. The number of benzene rings is 3. The number of nitrogens with zero attached hydrogens (tertiary/aromatic N) is 2. The molecular formula is C29H34N2O3. The molecule has 5 heteroatoms. The van der Waals surface area contributed by atoms with Gasteiger partial charge in [0.2, 0.25) is 0 Å². The van der Waals surface area contributed by atoms with Gasteiger partial charge in [-0.1, -0.05) is 36.4 Å². The van der Waals surface area contributed by atoms with Gasteiger partial charge in [-0.2, -0.15) is 0 Å². The number of piperazine rings is 1. The summed E-state index contributed by atoms with van der Waals surface area (Å²) >= 11 is 0. The maximum atomic E-state index is 13.3. The van der Waals surface area contributed by atoms with Crippen molar-refractivity contribution in [1.29, 1.82) is 0 Å². The second-order valence-electron chi connectivity index (χ2n) is 8.92. The van der Waals surface area contributed by atoms with E-state index < -0.39 is 0 Å². The topological polar surface area (TPSA) is 42.0 Å². The third kappa shape index (κ3) is 6.17. The summed E-state index contributed by atoms with van der Waals surface area (Å²) in [6.45, 7) is 11.1. The molecule has 1 heterocycles. The van der Waals surface area contributed by atoms with Crippen molar-refractivity contribution in [2.75, 3.05) is 32.8 Å². The van der Waals surface area contributed by atoms with E-state index in [0.717, 1.165) is 60.9 Å². The zero-order chi connectivity index (χ0) is 23.9. The Labute approximate surface area is 202 Å². The molecule has 0 spiro atoms. The Balaban J connectivity index is 1.41. The van der Waals surface area contributed by atoms with Gasteiger partial charge in [0.1, 0.15) is 18.1 Å². The van der Waals surface area contributed by atoms with Crippen molar-refractivity contribution in [3.63, 3.8) is 0 Å². The van der Waals surface area contributed by atoms with Crippen LogP contribution in [0.1, 0.15) is 39.5 Å². The molecule has 3 aromatic carbocycles. The van der Waals surface area contributed by atoms with Gasteiger partial charge in [0.15, 0.2) is 0 Å². The van der Waals surface area contributed by atoms with Gasteiger partial charge in [-0.25, -0.2) is 0 Å². The van der Waals surface area contributed by atoms with Crippen LogP contribution < -0.4 is 9.47 Å². The standard InChI is InChI=1S/C29H34N2O3/c1-4-33-28-11-10-25(19-26(28)21-34-27-17-22(2)16-23(3)18-27)29(32)31-14-12-30(13-15-31)20-24-8-6-5-7-9-24/h5-11,16-19H,4,12-15,20-21H2,1-3H3. The normalized spacial score (nSPS) is 14.1. The quantitative estimate of drug-likeness (QED) is 0.463. The van der Waals surface area contributed by atoms with Crippen LogP contribution in [0.5, 0.6) is 11.5 Å². The van der Waals surface area contributed by atoms with Gasteiger partial charge in [-0.05, 0) is 67.8 Å². The second-order valence-corrected chi connectivity index (χ2v) is 8.92. The number of aryl methyl sites for hydroxylation is 2. The maximum absolute atomic E-state index is 13.3. The Hall–Kier alpha value is -3.31. The molecule has 1 saturated heterocycles. The van der Waals surface area contributed by atoms with Crippen molar-refractivity contribution in [1.82, 2.24) is 9.80 Å². The maximum Gasteiger partial charge on any atom is 0.253 e. The summed E-state index contributed by atoms with van der Waals surface area (Å²) in [5.41, 5.74) is 5.20. The Morgan fingerprint density at radius 2 is 1.56 bits per heavy atom. The first kappa shape index (κ1) is 23.8. The Morgan fingerprint density at radius 3 is 2.24 bits per heavy atom. The average molecular weight is 459 g/mol. The smallest absolute Gasteiger partial charge is 0.253 e. The zero-order valence-corrected chi connectivity index (χ0v) is 20.4. The predicted octanol–water partition coefficient (Wildman–Crippen LogP) is 5.24. The zero-order valence-electron chi connectivity index (χ0n) is 20.4. The highest BCUT2D eigenvalue weighted by Gasteiger charge is 2.23. The largest absolute Gasteiger partial charge is 0.493 e. The molecule has 0 aromatic heterocycles. The van der Waals surface area contributed by atoms with Gasteiger partial charge in [-0.3, -0.25) is 9.69 Å². The first-order chi connectivity index (χ1) is 16.5. The summed E-state index contributed by atoms with van der Waals surface area (Å²) in [7, 11) is 0. The lowest BCUT2D eigenvalue weighted by molar-refractivity contribution is 0.0628. The summed E-state index contributed by atoms with van der Waals surface area (Å²) in [5.74, 6) is 1.65. The lowest BCUT2D eigenvalue weighted by Crippen LogP contribution is -2.48. The van der Waals surface area contributed by atoms with E-state index in [9.17, 15) is 4.79 Å². The fourth-order valence-electron chi connectivity index (χ4n) is 4.43. The Kier molecular flexibility index (Phi) is 7.86. The minimum absolute atomic E-state index is 0.0649. The molecule has 1 aliphatic heterocycles. The molecule has 1 amide bonds. The molecule has 0 N–H and O–H groups in total. The lowest BCUT2D eigenvalue weighted by Gasteiger charge is -2.35. The van der Waals surface area contributed by atoms with Crippen molar-refractivity contribution in [2.24, 2.45) is 0 Å². The van der Waals surface area contributed by atoms with E-state index in [4.69, 9.17) is 9.47 Å². The average Bonchev–Trinajstić information content (AvgIpc) is 2.84. The Morgan fingerprint density at radius 1 is 0.853 bits per heavy atom. The second kappa shape index (κ2) is 11.2. The van der Waals surface area contributed by atoms with Crippen LogP contribution in [-0.4, -0.2) is 48.5 Å². The van der Waals surface area contributed by atoms with Gasteiger partial charge in [0.25, 0.3) is 5.91 Å².